The normalized spacial score (nSPS) is 20.4. The zero-order chi connectivity index (χ0) is 13.1. The molecule has 2 rings (SSSR count). The summed E-state index contributed by atoms with van der Waals surface area (Å²) in [6.45, 7) is 4.87. The zero-order valence-corrected chi connectivity index (χ0v) is 10.6. The summed E-state index contributed by atoms with van der Waals surface area (Å²) in [7, 11) is 0. The standard InChI is InChI=1S/C11H19N5O2/c1-9-13-8-11(16(17)18)15(9)6-5-14-4-2-3-10(14)7-12/h8,10H,2-7,12H2,1H3. The highest BCUT2D eigenvalue weighted by Crippen LogP contribution is 2.18. The lowest BCUT2D eigenvalue weighted by Gasteiger charge is -2.22. The van der Waals surface area contributed by atoms with Crippen LogP contribution in [0.15, 0.2) is 6.20 Å². The molecule has 1 unspecified atom stereocenters. The predicted molar refractivity (Wildman–Crippen MR) is 67.3 cm³/mol. The van der Waals surface area contributed by atoms with Crippen molar-refractivity contribution >= 4 is 5.82 Å². The fourth-order valence-electron chi connectivity index (χ4n) is 2.56. The molecule has 0 aliphatic carbocycles. The van der Waals surface area contributed by atoms with Crippen LogP contribution in [-0.2, 0) is 6.54 Å². The van der Waals surface area contributed by atoms with Crippen LogP contribution < -0.4 is 5.73 Å². The predicted octanol–water partition coefficient (Wildman–Crippen LogP) is 0.523. The minimum absolute atomic E-state index is 0.0657. The largest absolute Gasteiger partial charge is 0.358 e. The molecule has 2 heterocycles. The second-order valence-corrected chi connectivity index (χ2v) is 4.64. The Balaban J connectivity index is 2.01. The van der Waals surface area contributed by atoms with E-state index in [-0.39, 0.29) is 10.7 Å². The summed E-state index contributed by atoms with van der Waals surface area (Å²) in [5, 5.41) is 10.9. The molecule has 0 amide bonds. The van der Waals surface area contributed by atoms with E-state index in [4.69, 9.17) is 5.73 Å². The van der Waals surface area contributed by atoms with Gasteiger partial charge in [-0.05, 0) is 24.3 Å². The third-order valence-corrected chi connectivity index (χ3v) is 3.60. The van der Waals surface area contributed by atoms with Gasteiger partial charge in [-0.1, -0.05) is 0 Å². The van der Waals surface area contributed by atoms with Crippen molar-refractivity contribution in [2.24, 2.45) is 5.73 Å². The van der Waals surface area contributed by atoms with Gasteiger partial charge in [0.25, 0.3) is 0 Å². The van der Waals surface area contributed by atoms with Crippen molar-refractivity contribution < 1.29 is 4.92 Å². The Kier molecular flexibility index (Phi) is 3.93. The number of rotatable bonds is 5. The van der Waals surface area contributed by atoms with Crippen molar-refractivity contribution in [2.75, 3.05) is 19.6 Å². The molecule has 2 N–H and O–H groups in total. The highest BCUT2D eigenvalue weighted by atomic mass is 16.6. The summed E-state index contributed by atoms with van der Waals surface area (Å²) >= 11 is 0. The average Bonchev–Trinajstić information content (AvgIpc) is 2.92. The van der Waals surface area contributed by atoms with Crippen molar-refractivity contribution in [3.63, 3.8) is 0 Å². The molecule has 1 atom stereocenters. The van der Waals surface area contributed by atoms with Gasteiger partial charge in [-0.3, -0.25) is 4.90 Å². The Morgan fingerprint density at radius 3 is 3.06 bits per heavy atom. The number of nitrogens with zero attached hydrogens (tertiary/aromatic N) is 4. The van der Waals surface area contributed by atoms with Gasteiger partial charge in [0.05, 0.1) is 0 Å². The molecular weight excluding hydrogens is 234 g/mol. The van der Waals surface area contributed by atoms with E-state index in [1.54, 1.807) is 11.5 Å². The van der Waals surface area contributed by atoms with Crippen molar-refractivity contribution in [2.45, 2.75) is 32.4 Å². The van der Waals surface area contributed by atoms with E-state index in [1.165, 1.54) is 6.20 Å². The summed E-state index contributed by atoms with van der Waals surface area (Å²) in [5.74, 6) is 0.751. The van der Waals surface area contributed by atoms with Crippen molar-refractivity contribution in [1.29, 1.82) is 0 Å². The molecule has 0 aromatic carbocycles. The quantitative estimate of drug-likeness (QED) is 0.610. The van der Waals surface area contributed by atoms with Crippen LogP contribution in [0.1, 0.15) is 18.7 Å². The number of imidazole rings is 1. The molecule has 1 aliphatic heterocycles. The van der Waals surface area contributed by atoms with Crippen LogP contribution in [0, 0.1) is 17.0 Å². The first kappa shape index (κ1) is 13.0. The minimum atomic E-state index is -0.385. The molecule has 18 heavy (non-hydrogen) atoms. The monoisotopic (exact) mass is 253 g/mol. The first-order chi connectivity index (χ1) is 8.63. The van der Waals surface area contributed by atoms with E-state index in [2.05, 4.69) is 9.88 Å². The molecule has 1 aromatic heterocycles. The molecule has 0 bridgehead atoms. The molecule has 1 aromatic rings. The fraction of sp³-hybridized carbons (Fsp3) is 0.727. The van der Waals surface area contributed by atoms with Crippen molar-refractivity contribution in [3.8, 4) is 0 Å². The number of aryl methyl sites for hydroxylation is 1. The van der Waals surface area contributed by atoms with E-state index < -0.39 is 0 Å². The Bertz CT molecular complexity index is 431. The maximum atomic E-state index is 10.9. The highest BCUT2D eigenvalue weighted by Gasteiger charge is 2.25. The maximum absolute atomic E-state index is 10.9. The van der Waals surface area contributed by atoms with Crippen LogP contribution in [0.5, 0.6) is 0 Å². The molecule has 1 saturated heterocycles. The second kappa shape index (κ2) is 5.45. The smallest absolute Gasteiger partial charge is 0.342 e. The molecule has 7 heteroatoms. The summed E-state index contributed by atoms with van der Waals surface area (Å²) in [6, 6.07) is 0.424. The molecule has 0 spiro atoms. The third-order valence-electron chi connectivity index (χ3n) is 3.60. The van der Waals surface area contributed by atoms with Crippen LogP contribution in [-0.4, -0.2) is 45.1 Å². The minimum Gasteiger partial charge on any atom is -0.358 e. The average molecular weight is 253 g/mol. The maximum Gasteiger partial charge on any atom is 0.342 e. The van der Waals surface area contributed by atoms with Gasteiger partial charge < -0.3 is 15.8 Å². The van der Waals surface area contributed by atoms with Crippen LogP contribution >= 0.6 is 0 Å². The number of nitro groups is 1. The molecular formula is C11H19N5O2. The lowest BCUT2D eigenvalue weighted by atomic mass is 10.2. The van der Waals surface area contributed by atoms with Gasteiger partial charge in [0, 0.05) is 26.1 Å². The molecule has 0 saturated carbocycles. The Hall–Kier alpha value is -1.47. The lowest BCUT2D eigenvalue weighted by Crippen LogP contribution is -2.37. The fourth-order valence-corrected chi connectivity index (χ4v) is 2.56. The SMILES string of the molecule is Cc1ncc([N+](=O)[O-])n1CCN1CCCC1CN. The Labute approximate surface area is 106 Å². The first-order valence-corrected chi connectivity index (χ1v) is 6.24. The van der Waals surface area contributed by atoms with E-state index >= 15 is 0 Å². The number of likely N-dealkylation sites (tertiary alicyclic amines) is 1. The van der Waals surface area contributed by atoms with Gasteiger partial charge in [0.2, 0.25) is 0 Å². The first-order valence-electron chi connectivity index (χ1n) is 6.24. The van der Waals surface area contributed by atoms with Gasteiger partial charge in [0.1, 0.15) is 12.7 Å². The number of aromatic nitrogens is 2. The van der Waals surface area contributed by atoms with E-state index in [0.717, 1.165) is 25.9 Å². The van der Waals surface area contributed by atoms with E-state index in [0.29, 0.717) is 25.0 Å². The number of nitrogens with two attached hydrogens (primary N) is 1. The van der Waals surface area contributed by atoms with Crippen LogP contribution in [0.4, 0.5) is 5.82 Å². The zero-order valence-electron chi connectivity index (χ0n) is 10.6. The summed E-state index contributed by atoms with van der Waals surface area (Å²) in [4.78, 5) is 16.8. The van der Waals surface area contributed by atoms with Gasteiger partial charge in [-0.25, -0.2) is 9.55 Å². The molecule has 1 aliphatic rings. The van der Waals surface area contributed by atoms with Gasteiger partial charge >= 0.3 is 5.82 Å². The van der Waals surface area contributed by atoms with Gasteiger partial charge in [-0.15, -0.1) is 0 Å². The highest BCUT2D eigenvalue weighted by molar-refractivity contribution is 5.18. The van der Waals surface area contributed by atoms with Crippen molar-refractivity contribution in [1.82, 2.24) is 14.5 Å². The summed E-state index contributed by atoms with van der Waals surface area (Å²) in [5.41, 5.74) is 5.71. The van der Waals surface area contributed by atoms with E-state index in [9.17, 15) is 10.1 Å². The van der Waals surface area contributed by atoms with E-state index in [1.807, 2.05) is 0 Å². The number of hydrogen-bond acceptors (Lipinski definition) is 5. The Morgan fingerprint density at radius 1 is 1.61 bits per heavy atom. The Morgan fingerprint density at radius 2 is 2.39 bits per heavy atom. The number of hydrogen-bond donors (Lipinski definition) is 1. The lowest BCUT2D eigenvalue weighted by molar-refractivity contribution is -0.392. The molecule has 0 radical (unpaired) electrons. The van der Waals surface area contributed by atoms with Gasteiger partial charge in [-0.2, -0.15) is 0 Å². The van der Waals surface area contributed by atoms with Crippen molar-refractivity contribution in [3.05, 3.63) is 22.1 Å². The van der Waals surface area contributed by atoms with Crippen LogP contribution in [0.25, 0.3) is 0 Å². The molecule has 7 nitrogen and oxygen atoms in total. The van der Waals surface area contributed by atoms with Crippen LogP contribution in [0.3, 0.4) is 0 Å². The molecule has 1 fully saturated rings. The van der Waals surface area contributed by atoms with Gasteiger partial charge in [0.15, 0.2) is 5.82 Å². The topological polar surface area (TPSA) is 90.2 Å². The summed E-state index contributed by atoms with van der Waals surface area (Å²) < 4.78 is 1.66. The molecule has 100 valence electrons. The summed E-state index contributed by atoms with van der Waals surface area (Å²) in [6.07, 6.45) is 3.61. The third kappa shape index (κ3) is 2.51. The van der Waals surface area contributed by atoms with Crippen LogP contribution in [0.2, 0.25) is 0 Å². The second-order valence-electron chi connectivity index (χ2n) is 4.64.